The maximum atomic E-state index is 13.9. The topological polar surface area (TPSA) is 64.1 Å². The maximum Gasteiger partial charge on any atom is 0.453 e. The fraction of sp³-hybridized carbons (Fsp3) is 0.348. The van der Waals surface area contributed by atoms with E-state index in [1.165, 1.54) is 12.1 Å². The molecule has 0 atom stereocenters. The molecule has 31 heavy (non-hydrogen) atoms. The first kappa shape index (κ1) is 21.2. The smallest absolute Gasteiger partial charge is 0.453 e. The summed E-state index contributed by atoms with van der Waals surface area (Å²) in [5.41, 5.74) is 0.605. The second-order valence-corrected chi connectivity index (χ2v) is 8.09. The van der Waals surface area contributed by atoms with E-state index in [9.17, 15) is 23.1 Å². The number of ether oxygens (including phenoxy) is 1. The highest BCUT2D eigenvalue weighted by atomic mass is 19.4. The Morgan fingerprint density at radius 1 is 1.10 bits per heavy atom. The molecular formula is C23H23F3NO4+. The van der Waals surface area contributed by atoms with Crippen LogP contribution in [0.2, 0.25) is 0 Å². The molecule has 1 saturated heterocycles. The van der Waals surface area contributed by atoms with Crippen LogP contribution < -0.4 is 15.1 Å². The molecule has 2 heterocycles. The number of phenols is 1. The normalized spacial score (nSPS) is 15.0. The number of nitrogens with one attached hydrogen (secondary N) is 1. The Bertz CT molecular complexity index is 1170. The molecule has 5 nitrogen and oxygen atoms in total. The molecule has 0 unspecified atom stereocenters. The Morgan fingerprint density at radius 3 is 2.35 bits per heavy atom. The van der Waals surface area contributed by atoms with Crippen molar-refractivity contribution in [2.75, 3.05) is 13.1 Å². The van der Waals surface area contributed by atoms with E-state index in [4.69, 9.17) is 9.15 Å². The third-order valence-electron chi connectivity index (χ3n) is 5.51. The zero-order valence-electron chi connectivity index (χ0n) is 17.2. The number of fused-ring (bicyclic) bond motifs is 1. The number of phenolic OH excluding ortho intramolecular Hbond substituents is 1. The summed E-state index contributed by atoms with van der Waals surface area (Å²) in [5, 5.41) is 10.3. The number of halogens is 3. The molecule has 0 radical (unpaired) electrons. The van der Waals surface area contributed by atoms with E-state index >= 15 is 0 Å². The molecule has 0 saturated carbocycles. The van der Waals surface area contributed by atoms with Gasteiger partial charge in [-0.25, -0.2) is 0 Å². The SMILES string of the molecule is Cc1cc(C)cc(Oc2c(C(F)(F)F)oc3c(C[NH+]4CCCC4)c(O)ccc3c2=O)c1. The van der Waals surface area contributed by atoms with Crippen LogP contribution in [0.4, 0.5) is 13.2 Å². The average Bonchev–Trinajstić information content (AvgIpc) is 3.17. The van der Waals surface area contributed by atoms with Gasteiger partial charge in [-0.2, -0.15) is 13.2 Å². The summed E-state index contributed by atoms with van der Waals surface area (Å²) >= 11 is 0. The molecule has 8 heteroatoms. The number of alkyl halides is 3. The first-order chi connectivity index (χ1) is 14.6. The molecule has 2 aromatic carbocycles. The number of aromatic hydroxyl groups is 1. The van der Waals surface area contributed by atoms with Gasteiger partial charge in [0.05, 0.1) is 24.0 Å². The molecule has 3 aromatic rings. The van der Waals surface area contributed by atoms with E-state index in [0.29, 0.717) is 0 Å². The summed E-state index contributed by atoms with van der Waals surface area (Å²) in [6.07, 6.45) is -2.94. The van der Waals surface area contributed by atoms with E-state index in [1.807, 2.05) is 6.07 Å². The summed E-state index contributed by atoms with van der Waals surface area (Å²) in [4.78, 5) is 14.2. The molecule has 0 bridgehead atoms. The molecule has 0 spiro atoms. The number of aryl methyl sites for hydroxylation is 2. The molecule has 1 fully saturated rings. The summed E-state index contributed by atoms with van der Waals surface area (Å²) in [5.74, 6) is -2.48. The van der Waals surface area contributed by atoms with Gasteiger partial charge >= 0.3 is 6.18 Å². The van der Waals surface area contributed by atoms with Gasteiger partial charge in [0, 0.05) is 12.8 Å². The Hall–Kier alpha value is -3.00. The van der Waals surface area contributed by atoms with Crippen LogP contribution in [0, 0.1) is 13.8 Å². The molecular weight excluding hydrogens is 411 g/mol. The molecule has 1 aromatic heterocycles. The lowest BCUT2D eigenvalue weighted by molar-refractivity contribution is -0.901. The number of benzene rings is 2. The minimum atomic E-state index is -4.95. The molecule has 164 valence electrons. The van der Waals surface area contributed by atoms with Crippen molar-refractivity contribution in [3.63, 3.8) is 0 Å². The highest BCUT2D eigenvalue weighted by Gasteiger charge is 2.41. The van der Waals surface area contributed by atoms with Crippen molar-refractivity contribution in [3.05, 3.63) is 63.0 Å². The van der Waals surface area contributed by atoms with Crippen LogP contribution in [0.25, 0.3) is 11.0 Å². The Balaban J connectivity index is 1.91. The quantitative estimate of drug-likeness (QED) is 0.649. The predicted molar refractivity (Wildman–Crippen MR) is 109 cm³/mol. The van der Waals surface area contributed by atoms with Gasteiger partial charge < -0.3 is 19.2 Å². The lowest BCUT2D eigenvalue weighted by Gasteiger charge is -2.17. The van der Waals surface area contributed by atoms with E-state index in [2.05, 4.69) is 0 Å². The minimum Gasteiger partial charge on any atom is -0.507 e. The summed E-state index contributed by atoms with van der Waals surface area (Å²) in [6.45, 7) is 5.53. The van der Waals surface area contributed by atoms with Gasteiger partial charge in [0.1, 0.15) is 18.0 Å². The van der Waals surface area contributed by atoms with Crippen LogP contribution in [0.3, 0.4) is 0 Å². The zero-order chi connectivity index (χ0) is 22.3. The molecule has 2 N–H and O–H groups in total. The average molecular weight is 434 g/mol. The third kappa shape index (κ3) is 4.25. The maximum absolute atomic E-state index is 13.9. The standard InChI is InChI=1S/C23H22F3NO4/c1-13-9-14(2)11-15(10-13)30-21-19(29)16-5-6-18(28)17(12-27-7-3-4-8-27)20(16)31-22(21)23(24,25)26/h5-6,9-11,28H,3-4,7-8,12H2,1-2H3/p+1. The van der Waals surface area contributed by atoms with Crippen molar-refractivity contribution in [3.8, 4) is 17.2 Å². The number of hydrogen-bond acceptors (Lipinski definition) is 4. The van der Waals surface area contributed by atoms with Crippen LogP contribution in [0.5, 0.6) is 17.2 Å². The number of rotatable bonds is 4. The first-order valence-electron chi connectivity index (χ1n) is 10.1. The van der Waals surface area contributed by atoms with Crippen LogP contribution in [-0.4, -0.2) is 18.2 Å². The Kier molecular flexibility index (Phi) is 5.43. The summed E-state index contributed by atoms with van der Waals surface area (Å²) in [7, 11) is 0. The Morgan fingerprint density at radius 2 is 1.74 bits per heavy atom. The van der Waals surface area contributed by atoms with Gasteiger partial charge in [-0.3, -0.25) is 4.79 Å². The molecule has 0 aliphatic carbocycles. The van der Waals surface area contributed by atoms with E-state index in [-0.39, 0.29) is 34.6 Å². The van der Waals surface area contributed by atoms with Gasteiger partial charge in [0.15, 0.2) is 5.58 Å². The zero-order valence-corrected chi connectivity index (χ0v) is 17.2. The third-order valence-corrected chi connectivity index (χ3v) is 5.51. The first-order valence-corrected chi connectivity index (χ1v) is 10.1. The lowest BCUT2D eigenvalue weighted by atomic mass is 10.1. The highest BCUT2D eigenvalue weighted by molar-refractivity contribution is 5.83. The van der Waals surface area contributed by atoms with E-state index < -0.39 is 23.1 Å². The van der Waals surface area contributed by atoms with Crippen LogP contribution in [0.15, 0.2) is 39.5 Å². The van der Waals surface area contributed by atoms with Crippen molar-refractivity contribution in [1.29, 1.82) is 0 Å². The second kappa shape index (κ2) is 7.92. The van der Waals surface area contributed by atoms with E-state index in [0.717, 1.165) is 42.0 Å². The Labute approximate surface area is 176 Å². The van der Waals surface area contributed by atoms with Crippen molar-refractivity contribution in [2.45, 2.75) is 39.4 Å². The van der Waals surface area contributed by atoms with Gasteiger partial charge in [-0.1, -0.05) is 6.07 Å². The fourth-order valence-corrected chi connectivity index (χ4v) is 4.15. The van der Waals surface area contributed by atoms with Crippen LogP contribution >= 0.6 is 0 Å². The van der Waals surface area contributed by atoms with Crippen LogP contribution in [0.1, 0.15) is 35.3 Å². The van der Waals surface area contributed by atoms with E-state index in [1.54, 1.807) is 26.0 Å². The minimum absolute atomic E-state index is 0.0567. The van der Waals surface area contributed by atoms with Crippen molar-refractivity contribution in [1.82, 2.24) is 0 Å². The predicted octanol–water partition coefficient (Wildman–Crippen LogP) is 4.11. The molecule has 1 aliphatic rings. The number of quaternary nitrogens is 1. The van der Waals surface area contributed by atoms with Gasteiger partial charge in [-0.15, -0.1) is 0 Å². The van der Waals surface area contributed by atoms with Gasteiger partial charge in [0.25, 0.3) is 5.76 Å². The summed E-state index contributed by atoms with van der Waals surface area (Å²) < 4.78 is 52.3. The lowest BCUT2D eigenvalue weighted by Crippen LogP contribution is -3.08. The fourth-order valence-electron chi connectivity index (χ4n) is 4.15. The molecule has 4 rings (SSSR count). The largest absolute Gasteiger partial charge is 0.507 e. The second-order valence-electron chi connectivity index (χ2n) is 8.09. The number of hydrogen-bond donors (Lipinski definition) is 2. The monoisotopic (exact) mass is 434 g/mol. The van der Waals surface area contributed by atoms with Gasteiger partial charge in [0.2, 0.25) is 11.2 Å². The summed E-state index contributed by atoms with van der Waals surface area (Å²) in [6, 6.07) is 7.54. The molecule has 1 aliphatic heterocycles. The van der Waals surface area contributed by atoms with Crippen LogP contribution in [-0.2, 0) is 12.7 Å². The van der Waals surface area contributed by atoms with Gasteiger partial charge in [-0.05, 0) is 49.2 Å². The van der Waals surface area contributed by atoms with Crippen molar-refractivity contribution >= 4 is 11.0 Å². The molecule has 0 amide bonds. The van der Waals surface area contributed by atoms with Crippen molar-refractivity contribution < 1.29 is 32.3 Å². The highest BCUT2D eigenvalue weighted by Crippen LogP contribution is 2.40. The number of likely N-dealkylation sites (tertiary alicyclic amines) is 1. The van der Waals surface area contributed by atoms with Crippen molar-refractivity contribution in [2.24, 2.45) is 0 Å².